The van der Waals surface area contributed by atoms with Gasteiger partial charge in [-0.2, -0.15) is 0 Å². The molecule has 13 heteroatoms. The van der Waals surface area contributed by atoms with Crippen molar-refractivity contribution >= 4 is 86.3 Å². The Morgan fingerprint density at radius 1 is 1.16 bits per heavy atom. The molecule has 2 aromatic carbocycles. The minimum absolute atomic E-state index is 0. The molecule has 0 aliphatic carbocycles. The fraction of sp³-hybridized carbons (Fsp3) is 0.160. The topological polar surface area (TPSA) is 127 Å². The lowest BCUT2D eigenvalue weighted by Gasteiger charge is -2.15. The van der Waals surface area contributed by atoms with Crippen LogP contribution in [0.3, 0.4) is 0 Å². The van der Waals surface area contributed by atoms with Crippen molar-refractivity contribution in [2.24, 2.45) is 5.73 Å². The molecule has 200 valence electrons. The number of hydrogen-bond acceptors (Lipinski definition) is 8. The van der Waals surface area contributed by atoms with Gasteiger partial charge in [0.2, 0.25) is 5.91 Å². The van der Waals surface area contributed by atoms with Gasteiger partial charge in [0.1, 0.15) is 29.4 Å². The zero-order chi connectivity index (χ0) is 25.1. The average molecular weight is 596 g/mol. The number of aliphatic hydroxyl groups excluding tert-OH is 1. The van der Waals surface area contributed by atoms with Gasteiger partial charge in [0, 0.05) is 35.1 Å². The summed E-state index contributed by atoms with van der Waals surface area (Å²) in [6, 6.07) is 14.5. The average Bonchev–Trinajstić information content (AvgIpc) is 3.52. The molecule has 0 aliphatic heterocycles. The largest absolute Gasteiger partial charge is 0.455 e. The first-order chi connectivity index (χ1) is 17.5. The molecule has 0 saturated carbocycles. The normalized spacial score (nSPS) is 11.5. The number of anilines is 2. The summed E-state index contributed by atoms with van der Waals surface area (Å²) in [4.78, 5) is 20.1. The number of ether oxygens (including phenoxy) is 1. The van der Waals surface area contributed by atoms with E-state index in [9.17, 15) is 9.90 Å². The third kappa shape index (κ3) is 6.29. The van der Waals surface area contributed by atoms with E-state index in [1.165, 1.54) is 6.33 Å². The zero-order valence-electron chi connectivity index (χ0n) is 19.8. The molecular formula is C25H25Cl3N6O3S. The summed E-state index contributed by atoms with van der Waals surface area (Å²) in [6.07, 6.45) is 3.38. The number of amides is 1. The Hall–Kier alpha value is -3.12. The Kier molecular flexibility index (Phi) is 10.1. The van der Waals surface area contributed by atoms with Gasteiger partial charge >= 0.3 is 0 Å². The van der Waals surface area contributed by atoms with Crippen LogP contribution in [0.15, 0.2) is 66.4 Å². The van der Waals surface area contributed by atoms with Crippen LogP contribution in [0.2, 0.25) is 5.02 Å². The number of rotatable bonds is 10. The summed E-state index contributed by atoms with van der Waals surface area (Å²) in [5.41, 5.74) is 7.56. The molecule has 0 radical (unpaired) electrons. The second-order valence-corrected chi connectivity index (χ2v) is 9.37. The number of carbonyl (C=O) groups is 1. The van der Waals surface area contributed by atoms with Gasteiger partial charge in [0.15, 0.2) is 5.82 Å². The van der Waals surface area contributed by atoms with Crippen LogP contribution < -0.4 is 21.1 Å². The molecule has 3 heterocycles. The number of aliphatic hydroxyl groups is 1. The van der Waals surface area contributed by atoms with Crippen LogP contribution in [0, 0.1) is 0 Å². The van der Waals surface area contributed by atoms with E-state index in [-0.39, 0.29) is 31.4 Å². The fourth-order valence-corrected chi connectivity index (χ4v) is 4.92. The van der Waals surface area contributed by atoms with Gasteiger partial charge in [0.05, 0.1) is 17.1 Å². The number of halogens is 3. The molecule has 1 atom stereocenters. The highest BCUT2D eigenvalue weighted by molar-refractivity contribution is 7.17. The van der Waals surface area contributed by atoms with Crippen LogP contribution >= 0.6 is 47.8 Å². The van der Waals surface area contributed by atoms with Crippen molar-refractivity contribution in [3.05, 3.63) is 71.5 Å². The van der Waals surface area contributed by atoms with E-state index in [1.807, 2.05) is 52.5 Å². The summed E-state index contributed by atoms with van der Waals surface area (Å²) in [5, 5.41) is 19.1. The number of benzene rings is 2. The van der Waals surface area contributed by atoms with Gasteiger partial charge in [-0.3, -0.25) is 4.79 Å². The van der Waals surface area contributed by atoms with E-state index >= 15 is 0 Å². The number of fused-ring (bicyclic) bond motifs is 2. The van der Waals surface area contributed by atoms with Crippen molar-refractivity contribution in [2.45, 2.75) is 12.6 Å². The summed E-state index contributed by atoms with van der Waals surface area (Å²) < 4.78 is 9.22. The fourth-order valence-electron chi connectivity index (χ4n) is 3.90. The van der Waals surface area contributed by atoms with Crippen molar-refractivity contribution in [3.63, 3.8) is 0 Å². The summed E-state index contributed by atoms with van der Waals surface area (Å²) in [6.45, 7) is 0.568. The maximum Gasteiger partial charge on any atom is 0.236 e. The van der Waals surface area contributed by atoms with E-state index in [1.54, 1.807) is 17.4 Å². The van der Waals surface area contributed by atoms with Crippen LogP contribution in [0.1, 0.15) is 0 Å². The predicted molar refractivity (Wildman–Crippen MR) is 157 cm³/mol. The molecule has 5 aromatic rings. The number of thiophene rings is 1. The number of nitrogens with one attached hydrogen (secondary N) is 2. The maximum absolute atomic E-state index is 11.3. The van der Waals surface area contributed by atoms with Gasteiger partial charge in [-0.25, -0.2) is 9.97 Å². The lowest BCUT2D eigenvalue weighted by Crippen LogP contribution is -2.45. The Morgan fingerprint density at radius 2 is 2.00 bits per heavy atom. The van der Waals surface area contributed by atoms with Gasteiger partial charge in [-0.15, -0.1) is 36.2 Å². The summed E-state index contributed by atoms with van der Waals surface area (Å²) in [7, 11) is 0. The van der Waals surface area contributed by atoms with Gasteiger partial charge in [-0.05, 0) is 47.8 Å². The molecule has 0 aliphatic rings. The molecule has 0 unspecified atom stereocenters. The highest BCUT2D eigenvalue weighted by Gasteiger charge is 2.15. The van der Waals surface area contributed by atoms with Gasteiger partial charge in [0.25, 0.3) is 0 Å². The van der Waals surface area contributed by atoms with Crippen LogP contribution in [0.25, 0.3) is 21.1 Å². The second-order valence-electron chi connectivity index (χ2n) is 8.02. The van der Waals surface area contributed by atoms with E-state index in [4.69, 9.17) is 22.1 Å². The lowest BCUT2D eigenvalue weighted by molar-refractivity contribution is -0.120. The zero-order valence-corrected chi connectivity index (χ0v) is 23.0. The quantitative estimate of drug-likeness (QED) is 0.177. The van der Waals surface area contributed by atoms with Crippen molar-refractivity contribution in [1.29, 1.82) is 0 Å². The third-order valence-electron chi connectivity index (χ3n) is 5.69. The minimum atomic E-state index is -0.796. The molecule has 9 nitrogen and oxygen atoms in total. The first kappa shape index (κ1) is 29.4. The molecular weight excluding hydrogens is 571 g/mol. The molecule has 5 N–H and O–H groups in total. The van der Waals surface area contributed by atoms with Crippen LogP contribution in [-0.4, -0.2) is 44.7 Å². The molecule has 38 heavy (non-hydrogen) atoms. The molecule has 0 fully saturated rings. The highest BCUT2D eigenvalue weighted by atomic mass is 35.5. The van der Waals surface area contributed by atoms with Crippen molar-refractivity contribution in [1.82, 2.24) is 19.9 Å². The number of carbonyl (C=O) groups excluding carboxylic acids is 1. The Labute approximate surface area is 239 Å². The lowest BCUT2D eigenvalue weighted by atomic mass is 10.2. The van der Waals surface area contributed by atoms with Crippen LogP contribution in [0.5, 0.6) is 11.5 Å². The van der Waals surface area contributed by atoms with Crippen molar-refractivity contribution < 1.29 is 14.6 Å². The number of nitrogens with two attached hydrogens (primary N) is 1. The van der Waals surface area contributed by atoms with E-state index in [0.717, 1.165) is 32.6 Å². The highest BCUT2D eigenvalue weighted by Crippen LogP contribution is 2.37. The minimum Gasteiger partial charge on any atom is -0.455 e. The second kappa shape index (κ2) is 13.1. The number of nitrogens with zero attached hydrogens (tertiary/aromatic N) is 3. The summed E-state index contributed by atoms with van der Waals surface area (Å²) >= 11 is 8.23. The Balaban J connectivity index is 0.00000200. The van der Waals surface area contributed by atoms with E-state index in [2.05, 4.69) is 26.7 Å². The number of primary amides is 1. The molecule has 1 amide bonds. The predicted octanol–water partition coefficient (Wildman–Crippen LogP) is 5.11. The molecule has 5 rings (SSSR count). The molecule has 0 spiro atoms. The first-order valence-electron chi connectivity index (χ1n) is 11.2. The van der Waals surface area contributed by atoms with Crippen LogP contribution in [0.4, 0.5) is 11.5 Å². The van der Waals surface area contributed by atoms with Crippen molar-refractivity contribution in [3.8, 4) is 11.5 Å². The molecule has 3 aromatic heterocycles. The standard InChI is InChI=1S/C25H23ClN6O3S.2ClH/c26-17-12-15(4-5-21(17)35-20-2-1-3-22-16(20)7-11-36-22)31-25-23-18(29-14-30-25)6-9-32(23)10-8-28-19(13-33)24(27)34;;/h1-7,9,11-12,14,19,28,33H,8,10,13H2,(H2,27,34)(H,29,30,31);2*1H/t19-;;/m0../s1. The first-order valence-corrected chi connectivity index (χ1v) is 12.4. The van der Waals surface area contributed by atoms with Crippen molar-refractivity contribution in [2.75, 3.05) is 18.5 Å². The monoisotopic (exact) mass is 594 g/mol. The molecule has 0 saturated heterocycles. The number of hydrogen-bond donors (Lipinski definition) is 4. The Bertz CT molecular complexity index is 1540. The smallest absolute Gasteiger partial charge is 0.236 e. The summed E-state index contributed by atoms with van der Waals surface area (Å²) in [5.74, 6) is 1.31. The van der Waals surface area contributed by atoms with E-state index in [0.29, 0.717) is 29.7 Å². The van der Waals surface area contributed by atoms with E-state index < -0.39 is 11.9 Å². The third-order valence-corrected chi connectivity index (χ3v) is 6.87. The number of aromatic nitrogens is 3. The Morgan fingerprint density at radius 3 is 2.76 bits per heavy atom. The van der Waals surface area contributed by atoms with Gasteiger partial charge < -0.3 is 30.8 Å². The maximum atomic E-state index is 11.3. The SMILES string of the molecule is Cl.Cl.NC(=O)[C@H](CO)NCCn1ccc2ncnc(Nc3ccc(Oc4cccc5sccc45)c(Cl)c3)c21. The van der Waals surface area contributed by atoms with Gasteiger partial charge in [-0.1, -0.05) is 17.7 Å². The van der Waals surface area contributed by atoms with Crippen LogP contribution in [-0.2, 0) is 11.3 Å². The molecule has 0 bridgehead atoms.